The first-order valence-corrected chi connectivity index (χ1v) is 2.43. The van der Waals surface area contributed by atoms with Crippen molar-refractivity contribution in [1.82, 2.24) is 0 Å². The summed E-state index contributed by atoms with van der Waals surface area (Å²) in [6.45, 7) is 2.90. The molecule has 0 fully saturated rings. The van der Waals surface area contributed by atoms with Gasteiger partial charge in [-0.3, -0.25) is 0 Å². The molecular formula is C5H6F4O. The van der Waals surface area contributed by atoms with E-state index in [0.29, 0.717) is 6.26 Å². The van der Waals surface area contributed by atoms with Gasteiger partial charge in [-0.25, -0.2) is 4.39 Å². The molecule has 0 aliphatic heterocycles. The highest BCUT2D eigenvalue weighted by atomic mass is 19.4. The summed E-state index contributed by atoms with van der Waals surface area (Å²) in [5.41, 5.74) is 0. The van der Waals surface area contributed by atoms with Crippen molar-refractivity contribution in [3.05, 3.63) is 12.8 Å². The molecule has 1 unspecified atom stereocenters. The summed E-state index contributed by atoms with van der Waals surface area (Å²) in [5.74, 6) is 0. The minimum absolute atomic E-state index is 0.635. The van der Waals surface area contributed by atoms with E-state index >= 15 is 0 Å². The monoisotopic (exact) mass is 158 g/mol. The summed E-state index contributed by atoms with van der Waals surface area (Å²) in [6.07, 6.45) is -7.82. The van der Waals surface area contributed by atoms with Gasteiger partial charge in [0.2, 0.25) is 6.36 Å². The molecule has 10 heavy (non-hydrogen) atoms. The first kappa shape index (κ1) is 9.26. The van der Waals surface area contributed by atoms with Gasteiger partial charge in [0.1, 0.15) is 6.42 Å². The molecule has 0 heterocycles. The summed E-state index contributed by atoms with van der Waals surface area (Å²) in [6, 6.07) is 0. The second-order valence-corrected chi connectivity index (χ2v) is 1.53. The van der Waals surface area contributed by atoms with E-state index in [4.69, 9.17) is 0 Å². The molecular weight excluding hydrogens is 152 g/mol. The van der Waals surface area contributed by atoms with Gasteiger partial charge in [0.25, 0.3) is 0 Å². The van der Waals surface area contributed by atoms with Gasteiger partial charge in [-0.15, -0.1) is 0 Å². The van der Waals surface area contributed by atoms with Gasteiger partial charge in [-0.1, -0.05) is 6.58 Å². The second kappa shape index (κ2) is 3.43. The lowest BCUT2D eigenvalue weighted by Crippen LogP contribution is -2.16. The Balaban J connectivity index is 3.56. The molecule has 0 amide bonds. The van der Waals surface area contributed by atoms with Crippen LogP contribution in [0, 0.1) is 0 Å². The average Bonchev–Trinajstić information content (AvgIpc) is 1.59. The van der Waals surface area contributed by atoms with Crippen LogP contribution in [-0.4, -0.2) is 12.5 Å². The third-order valence-electron chi connectivity index (χ3n) is 0.636. The van der Waals surface area contributed by atoms with Crippen LogP contribution < -0.4 is 0 Å². The summed E-state index contributed by atoms with van der Waals surface area (Å²) in [4.78, 5) is 0. The molecule has 0 aromatic carbocycles. The lowest BCUT2D eigenvalue weighted by molar-refractivity contribution is -0.172. The molecule has 0 spiro atoms. The van der Waals surface area contributed by atoms with Crippen LogP contribution in [0.5, 0.6) is 0 Å². The van der Waals surface area contributed by atoms with E-state index in [9.17, 15) is 17.6 Å². The third-order valence-corrected chi connectivity index (χ3v) is 0.636. The van der Waals surface area contributed by atoms with Gasteiger partial charge in [-0.05, 0) is 0 Å². The zero-order chi connectivity index (χ0) is 8.20. The molecule has 0 N–H and O–H groups in total. The molecule has 1 nitrogen and oxygen atoms in total. The van der Waals surface area contributed by atoms with Crippen molar-refractivity contribution >= 4 is 0 Å². The topological polar surface area (TPSA) is 9.23 Å². The van der Waals surface area contributed by atoms with Crippen LogP contribution in [0.2, 0.25) is 0 Å². The Hall–Kier alpha value is -0.740. The summed E-state index contributed by atoms with van der Waals surface area (Å²) >= 11 is 0. The van der Waals surface area contributed by atoms with E-state index in [-0.39, 0.29) is 0 Å². The molecule has 0 saturated heterocycles. The molecule has 0 rings (SSSR count). The molecule has 0 aromatic heterocycles. The Bertz CT molecular complexity index is 109. The van der Waals surface area contributed by atoms with Crippen LogP contribution in [0.3, 0.4) is 0 Å². The van der Waals surface area contributed by atoms with Crippen LogP contribution >= 0.6 is 0 Å². The Kier molecular flexibility index (Phi) is 3.18. The Labute approximate surface area is 55.3 Å². The highest BCUT2D eigenvalue weighted by Gasteiger charge is 2.32. The maximum atomic E-state index is 11.9. The molecule has 0 saturated carbocycles. The lowest BCUT2D eigenvalue weighted by Gasteiger charge is -2.09. The number of alkyl halides is 4. The van der Waals surface area contributed by atoms with E-state index < -0.39 is 19.0 Å². The smallest absolute Gasteiger partial charge is 0.395 e. The fourth-order valence-electron chi connectivity index (χ4n) is 0.334. The highest BCUT2D eigenvalue weighted by Crippen LogP contribution is 2.23. The molecule has 5 heteroatoms. The first-order chi connectivity index (χ1) is 4.45. The van der Waals surface area contributed by atoms with Crippen LogP contribution in [0.4, 0.5) is 17.6 Å². The zero-order valence-corrected chi connectivity index (χ0v) is 4.99. The normalized spacial score (nSPS) is 14.4. The lowest BCUT2D eigenvalue weighted by atomic mass is 10.4. The number of halogens is 4. The van der Waals surface area contributed by atoms with E-state index in [1.165, 1.54) is 0 Å². The molecule has 0 aliphatic carbocycles. The molecule has 0 radical (unpaired) electrons. The highest BCUT2D eigenvalue weighted by molar-refractivity contribution is 4.57. The van der Waals surface area contributed by atoms with Crippen LogP contribution in [0.25, 0.3) is 0 Å². The molecule has 0 bridgehead atoms. The first-order valence-electron chi connectivity index (χ1n) is 2.43. The fourth-order valence-corrected chi connectivity index (χ4v) is 0.334. The molecule has 1 atom stereocenters. The predicted octanol–water partition coefficient (Wildman–Crippen LogP) is 2.39. The maximum Gasteiger partial charge on any atom is 0.395 e. The van der Waals surface area contributed by atoms with E-state index in [0.717, 1.165) is 0 Å². The van der Waals surface area contributed by atoms with E-state index in [1.807, 2.05) is 0 Å². The Morgan fingerprint density at radius 1 is 1.50 bits per heavy atom. The fraction of sp³-hybridized carbons (Fsp3) is 0.600. The van der Waals surface area contributed by atoms with Crippen molar-refractivity contribution in [1.29, 1.82) is 0 Å². The molecule has 0 aromatic rings. The van der Waals surface area contributed by atoms with Crippen molar-refractivity contribution < 1.29 is 22.3 Å². The van der Waals surface area contributed by atoms with Gasteiger partial charge >= 0.3 is 6.18 Å². The number of rotatable bonds is 3. The minimum atomic E-state index is -4.53. The Morgan fingerprint density at radius 3 is 2.30 bits per heavy atom. The summed E-state index contributed by atoms with van der Waals surface area (Å²) in [7, 11) is 0. The van der Waals surface area contributed by atoms with Crippen molar-refractivity contribution in [2.75, 3.05) is 0 Å². The van der Waals surface area contributed by atoms with Crippen molar-refractivity contribution in [3.63, 3.8) is 0 Å². The second-order valence-electron chi connectivity index (χ2n) is 1.53. The SMILES string of the molecule is C=COC(F)CC(F)(F)F. The molecule has 0 aliphatic rings. The zero-order valence-electron chi connectivity index (χ0n) is 4.99. The van der Waals surface area contributed by atoms with Crippen LogP contribution in [0.15, 0.2) is 12.8 Å². The number of hydrogen-bond acceptors (Lipinski definition) is 1. The molecule has 60 valence electrons. The van der Waals surface area contributed by atoms with Crippen molar-refractivity contribution in [3.8, 4) is 0 Å². The van der Waals surface area contributed by atoms with Crippen LogP contribution in [0.1, 0.15) is 6.42 Å². The number of hydrogen-bond donors (Lipinski definition) is 0. The van der Waals surface area contributed by atoms with E-state index in [1.54, 1.807) is 0 Å². The number of ether oxygens (including phenoxy) is 1. The van der Waals surface area contributed by atoms with Gasteiger partial charge in [-0.2, -0.15) is 13.2 Å². The largest absolute Gasteiger partial charge is 0.468 e. The average molecular weight is 158 g/mol. The van der Waals surface area contributed by atoms with Gasteiger partial charge in [0, 0.05) is 0 Å². The quantitative estimate of drug-likeness (QED) is 0.452. The van der Waals surface area contributed by atoms with Crippen LogP contribution in [-0.2, 0) is 4.74 Å². The van der Waals surface area contributed by atoms with Gasteiger partial charge in [0.15, 0.2) is 0 Å². The van der Waals surface area contributed by atoms with Gasteiger partial charge < -0.3 is 4.74 Å². The van der Waals surface area contributed by atoms with Crippen molar-refractivity contribution in [2.45, 2.75) is 19.0 Å². The summed E-state index contributed by atoms with van der Waals surface area (Å²) < 4.78 is 49.5. The summed E-state index contributed by atoms with van der Waals surface area (Å²) in [5, 5.41) is 0. The minimum Gasteiger partial charge on any atom is -0.468 e. The van der Waals surface area contributed by atoms with Gasteiger partial charge in [0.05, 0.1) is 6.26 Å². The third kappa shape index (κ3) is 5.40. The Morgan fingerprint density at radius 2 is 2.00 bits per heavy atom. The maximum absolute atomic E-state index is 11.9. The predicted molar refractivity (Wildman–Crippen MR) is 26.8 cm³/mol. The standard InChI is InChI=1S/C5H6F4O/c1-2-10-4(6)3-5(7,8)9/h2,4H,1,3H2. The van der Waals surface area contributed by atoms with Crippen molar-refractivity contribution in [2.24, 2.45) is 0 Å². The van der Waals surface area contributed by atoms with E-state index in [2.05, 4.69) is 11.3 Å².